The summed E-state index contributed by atoms with van der Waals surface area (Å²) in [5.74, 6) is -0.110. The second kappa shape index (κ2) is 2.66. The van der Waals surface area contributed by atoms with Crippen molar-refractivity contribution in [1.29, 1.82) is 0 Å². The van der Waals surface area contributed by atoms with Crippen molar-refractivity contribution in [1.82, 2.24) is 5.32 Å². The molecule has 0 unspecified atom stereocenters. The molecular formula is C7H10N2O4. The Labute approximate surface area is 74.4 Å². The van der Waals surface area contributed by atoms with Crippen LogP contribution in [0.15, 0.2) is 0 Å². The van der Waals surface area contributed by atoms with Crippen LogP contribution in [0.1, 0.15) is 12.8 Å². The van der Waals surface area contributed by atoms with Gasteiger partial charge in [0.2, 0.25) is 11.9 Å². The molecule has 2 rings (SSSR count). The van der Waals surface area contributed by atoms with Gasteiger partial charge < -0.3 is 10.1 Å². The third-order valence-electron chi connectivity index (χ3n) is 2.64. The highest BCUT2D eigenvalue weighted by Gasteiger charge is 2.56. The maximum absolute atomic E-state index is 11.1. The first kappa shape index (κ1) is 8.43. The van der Waals surface area contributed by atoms with Gasteiger partial charge in [0.15, 0.2) is 5.54 Å². The molecule has 1 N–H and O–H groups in total. The molecule has 0 radical (unpaired) electrons. The number of hydrogen-bond donors (Lipinski definition) is 1. The van der Waals surface area contributed by atoms with Gasteiger partial charge in [0.1, 0.15) is 0 Å². The molecule has 0 aliphatic carbocycles. The number of piperidine rings is 1. The lowest BCUT2D eigenvalue weighted by Crippen LogP contribution is -2.72. The molecule has 1 atom stereocenters. The minimum absolute atomic E-state index is 0.110. The zero-order valence-electron chi connectivity index (χ0n) is 6.99. The number of nitrogens with one attached hydrogen (secondary N) is 1. The van der Waals surface area contributed by atoms with E-state index in [9.17, 15) is 14.9 Å². The number of carbonyl (C=O) groups is 1. The average Bonchev–Trinajstić information content (AvgIpc) is 2.00. The molecular weight excluding hydrogens is 176 g/mol. The second-order valence-electron chi connectivity index (χ2n) is 3.54. The summed E-state index contributed by atoms with van der Waals surface area (Å²) in [6.07, 6.45) is 0.565. The van der Waals surface area contributed by atoms with E-state index in [-0.39, 0.29) is 30.5 Å². The highest BCUT2D eigenvalue weighted by atomic mass is 16.6. The summed E-state index contributed by atoms with van der Waals surface area (Å²) >= 11 is 0. The molecule has 2 fully saturated rings. The van der Waals surface area contributed by atoms with Crippen LogP contribution in [-0.2, 0) is 9.53 Å². The first-order chi connectivity index (χ1) is 6.14. The van der Waals surface area contributed by atoms with E-state index in [4.69, 9.17) is 4.74 Å². The van der Waals surface area contributed by atoms with Crippen molar-refractivity contribution >= 4 is 5.91 Å². The SMILES string of the molecule is O=C1CC[C@@H]([N+](=O)[O-])C2(COC2)N1. The summed E-state index contributed by atoms with van der Waals surface area (Å²) in [6, 6.07) is -0.682. The average molecular weight is 186 g/mol. The number of carbonyl (C=O) groups excluding carboxylic acids is 1. The zero-order valence-corrected chi connectivity index (χ0v) is 6.99. The molecule has 2 saturated heterocycles. The number of hydrogen-bond acceptors (Lipinski definition) is 4. The number of ether oxygens (including phenoxy) is 1. The Hall–Kier alpha value is -1.17. The lowest BCUT2D eigenvalue weighted by molar-refractivity contribution is -0.545. The predicted molar refractivity (Wildman–Crippen MR) is 41.7 cm³/mol. The van der Waals surface area contributed by atoms with Crippen LogP contribution in [0.25, 0.3) is 0 Å². The monoisotopic (exact) mass is 186 g/mol. The van der Waals surface area contributed by atoms with Crippen LogP contribution in [0, 0.1) is 10.1 Å². The van der Waals surface area contributed by atoms with Crippen LogP contribution in [-0.4, -0.2) is 35.6 Å². The first-order valence-electron chi connectivity index (χ1n) is 4.16. The normalized spacial score (nSPS) is 30.8. The van der Waals surface area contributed by atoms with Gasteiger partial charge in [-0.1, -0.05) is 0 Å². The topological polar surface area (TPSA) is 81.5 Å². The van der Waals surface area contributed by atoms with Crippen molar-refractivity contribution in [3.8, 4) is 0 Å². The van der Waals surface area contributed by atoms with Crippen LogP contribution in [0.2, 0.25) is 0 Å². The van der Waals surface area contributed by atoms with Gasteiger partial charge in [-0.2, -0.15) is 0 Å². The Morgan fingerprint density at radius 3 is 2.77 bits per heavy atom. The largest absolute Gasteiger partial charge is 0.376 e. The van der Waals surface area contributed by atoms with Gasteiger partial charge in [-0.15, -0.1) is 0 Å². The Morgan fingerprint density at radius 2 is 2.31 bits per heavy atom. The van der Waals surface area contributed by atoms with E-state index < -0.39 is 11.6 Å². The van der Waals surface area contributed by atoms with Crippen LogP contribution in [0.5, 0.6) is 0 Å². The lowest BCUT2D eigenvalue weighted by atomic mass is 9.82. The van der Waals surface area contributed by atoms with Gasteiger partial charge in [0.25, 0.3) is 0 Å². The number of rotatable bonds is 1. The van der Waals surface area contributed by atoms with E-state index in [0.717, 1.165) is 0 Å². The number of nitrogens with zero attached hydrogens (tertiary/aromatic N) is 1. The summed E-state index contributed by atoms with van der Waals surface area (Å²) in [4.78, 5) is 21.4. The van der Waals surface area contributed by atoms with E-state index in [1.807, 2.05) is 0 Å². The van der Waals surface area contributed by atoms with E-state index in [1.165, 1.54) is 0 Å². The Balaban J connectivity index is 2.17. The van der Waals surface area contributed by atoms with Gasteiger partial charge in [0, 0.05) is 17.8 Å². The Kier molecular flexibility index (Phi) is 1.73. The van der Waals surface area contributed by atoms with E-state index in [0.29, 0.717) is 6.42 Å². The third kappa shape index (κ3) is 1.17. The zero-order chi connectivity index (χ0) is 9.47. The van der Waals surface area contributed by atoms with Crippen LogP contribution in [0.3, 0.4) is 0 Å². The third-order valence-corrected chi connectivity index (χ3v) is 2.64. The maximum atomic E-state index is 11.1. The molecule has 1 amide bonds. The fourth-order valence-electron chi connectivity index (χ4n) is 1.86. The predicted octanol–water partition coefficient (Wildman–Crippen LogP) is -0.689. The Bertz CT molecular complexity index is 261. The quantitative estimate of drug-likeness (QED) is 0.434. The molecule has 2 aliphatic heterocycles. The van der Waals surface area contributed by atoms with Crippen LogP contribution >= 0.6 is 0 Å². The van der Waals surface area contributed by atoms with Gasteiger partial charge in [-0.3, -0.25) is 14.9 Å². The molecule has 6 heteroatoms. The molecule has 13 heavy (non-hydrogen) atoms. The fourth-order valence-corrected chi connectivity index (χ4v) is 1.86. The molecule has 72 valence electrons. The fraction of sp³-hybridized carbons (Fsp3) is 0.857. The summed E-state index contributed by atoms with van der Waals surface area (Å²) in [7, 11) is 0. The van der Waals surface area contributed by atoms with Crippen molar-refractivity contribution in [3.63, 3.8) is 0 Å². The van der Waals surface area contributed by atoms with Gasteiger partial charge in [-0.25, -0.2) is 0 Å². The van der Waals surface area contributed by atoms with Crippen molar-refractivity contribution in [2.75, 3.05) is 13.2 Å². The molecule has 1 spiro atoms. The standard InChI is InChI=1S/C7H10N2O4/c10-6-2-1-5(9(11)12)7(8-6)3-13-4-7/h5H,1-4H2,(H,8,10)/t5-/m1/s1. The highest BCUT2D eigenvalue weighted by Crippen LogP contribution is 2.29. The first-order valence-corrected chi connectivity index (χ1v) is 4.16. The lowest BCUT2D eigenvalue weighted by Gasteiger charge is -2.45. The molecule has 0 bridgehead atoms. The number of nitro groups is 1. The van der Waals surface area contributed by atoms with Gasteiger partial charge in [-0.05, 0) is 0 Å². The van der Waals surface area contributed by atoms with Crippen LogP contribution < -0.4 is 5.32 Å². The highest BCUT2D eigenvalue weighted by molar-refractivity contribution is 5.78. The smallest absolute Gasteiger partial charge is 0.240 e. The molecule has 2 aliphatic rings. The van der Waals surface area contributed by atoms with Crippen LogP contribution in [0.4, 0.5) is 0 Å². The Morgan fingerprint density at radius 1 is 1.62 bits per heavy atom. The van der Waals surface area contributed by atoms with Crippen molar-refractivity contribution in [2.24, 2.45) is 0 Å². The summed E-state index contributed by atoms with van der Waals surface area (Å²) in [5, 5.41) is 13.3. The minimum Gasteiger partial charge on any atom is -0.376 e. The maximum Gasteiger partial charge on any atom is 0.240 e. The summed E-state index contributed by atoms with van der Waals surface area (Å²) in [5.41, 5.74) is -0.709. The molecule has 0 aromatic carbocycles. The molecule has 0 saturated carbocycles. The van der Waals surface area contributed by atoms with Gasteiger partial charge >= 0.3 is 0 Å². The van der Waals surface area contributed by atoms with E-state index in [2.05, 4.69) is 5.32 Å². The molecule has 6 nitrogen and oxygen atoms in total. The van der Waals surface area contributed by atoms with E-state index in [1.54, 1.807) is 0 Å². The van der Waals surface area contributed by atoms with Crippen molar-refractivity contribution in [3.05, 3.63) is 10.1 Å². The van der Waals surface area contributed by atoms with Gasteiger partial charge in [0.05, 0.1) is 13.2 Å². The molecule has 0 aromatic rings. The summed E-state index contributed by atoms with van der Waals surface area (Å²) < 4.78 is 4.93. The number of amides is 1. The van der Waals surface area contributed by atoms with Crippen molar-refractivity contribution < 1.29 is 14.5 Å². The molecule has 0 aromatic heterocycles. The summed E-state index contributed by atoms with van der Waals surface area (Å²) in [6.45, 7) is 0.536. The minimum atomic E-state index is -0.709. The van der Waals surface area contributed by atoms with E-state index >= 15 is 0 Å². The molecule has 2 heterocycles. The second-order valence-corrected chi connectivity index (χ2v) is 3.54. The van der Waals surface area contributed by atoms with Crippen molar-refractivity contribution in [2.45, 2.75) is 24.4 Å².